The fourth-order valence-electron chi connectivity index (χ4n) is 1.93. The van der Waals surface area contributed by atoms with Crippen LogP contribution in [0.5, 0.6) is 11.5 Å². The summed E-state index contributed by atoms with van der Waals surface area (Å²) in [5.41, 5.74) is 0.835. The molecule has 0 bridgehead atoms. The van der Waals surface area contributed by atoms with Gasteiger partial charge in [-0.05, 0) is 35.4 Å². The van der Waals surface area contributed by atoms with Gasteiger partial charge in [0.25, 0.3) is 0 Å². The molecule has 0 N–H and O–H groups in total. The van der Waals surface area contributed by atoms with E-state index in [4.69, 9.17) is 9.47 Å². The van der Waals surface area contributed by atoms with Gasteiger partial charge in [-0.15, -0.1) is 0 Å². The Labute approximate surface area is 107 Å². The molecule has 0 saturated carbocycles. The van der Waals surface area contributed by atoms with Crippen molar-refractivity contribution < 1.29 is 22.6 Å². The first-order valence-corrected chi connectivity index (χ1v) is 5.61. The molecule has 0 atom stereocenters. The summed E-state index contributed by atoms with van der Waals surface area (Å²) < 4.78 is 47.8. The Kier molecular flexibility index (Phi) is 2.62. The van der Waals surface area contributed by atoms with Crippen LogP contribution in [0.1, 0.15) is 5.56 Å². The Morgan fingerprint density at radius 1 is 0.789 bits per heavy atom. The molecule has 19 heavy (non-hydrogen) atoms. The van der Waals surface area contributed by atoms with Crippen molar-refractivity contribution in [2.24, 2.45) is 0 Å². The normalized spacial score (nSPS) is 13.6. The van der Waals surface area contributed by atoms with E-state index in [0.717, 1.165) is 17.7 Å². The Hall–Kier alpha value is -2.17. The van der Waals surface area contributed by atoms with Crippen LogP contribution in [0.2, 0.25) is 0 Å². The van der Waals surface area contributed by atoms with E-state index in [1.807, 2.05) is 0 Å². The van der Waals surface area contributed by atoms with Crippen LogP contribution in [0, 0.1) is 0 Å². The Morgan fingerprint density at radius 2 is 1.42 bits per heavy atom. The van der Waals surface area contributed by atoms with Gasteiger partial charge in [0, 0.05) is 0 Å². The van der Waals surface area contributed by atoms with Gasteiger partial charge in [0.05, 0.1) is 5.56 Å². The maximum absolute atomic E-state index is 12.5. The molecule has 0 aliphatic carbocycles. The second kappa shape index (κ2) is 4.19. The Morgan fingerprint density at radius 3 is 2.11 bits per heavy atom. The standard InChI is InChI=1S/C14H9F3O2/c15-14(16,17)11-4-1-9(2-5-11)10-3-6-12-13(7-10)19-8-18-12/h1-7H,8H2. The minimum Gasteiger partial charge on any atom is -0.454 e. The highest BCUT2D eigenvalue weighted by Gasteiger charge is 2.30. The highest BCUT2D eigenvalue weighted by atomic mass is 19.4. The van der Waals surface area contributed by atoms with E-state index in [0.29, 0.717) is 17.1 Å². The summed E-state index contributed by atoms with van der Waals surface area (Å²) in [5, 5.41) is 0. The molecule has 0 unspecified atom stereocenters. The molecule has 0 radical (unpaired) electrons. The van der Waals surface area contributed by atoms with Crippen LogP contribution in [0.15, 0.2) is 42.5 Å². The van der Waals surface area contributed by atoms with Gasteiger partial charge in [-0.3, -0.25) is 0 Å². The van der Waals surface area contributed by atoms with E-state index in [2.05, 4.69) is 0 Å². The van der Waals surface area contributed by atoms with Crippen molar-refractivity contribution in [3.05, 3.63) is 48.0 Å². The van der Waals surface area contributed by atoms with Crippen molar-refractivity contribution in [3.63, 3.8) is 0 Å². The number of alkyl halides is 3. The summed E-state index contributed by atoms with van der Waals surface area (Å²) in [4.78, 5) is 0. The average molecular weight is 266 g/mol. The van der Waals surface area contributed by atoms with Gasteiger partial charge in [-0.2, -0.15) is 13.2 Å². The molecular weight excluding hydrogens is 257 g/mol. The lowest BCUT2D eigenvalue weighted by Crippen LogP contribution is -2.03. The van der Waals surface area contributed by atoms with Gasteiger partial charge in [0.1, 0.15) is 0 Å². The molecule has 5 heteroatoms. The van der Waals surface area contributed by atoms with Crippen LogP contribution in [0.4, 0.5) is 13.2 Å². The van der Waals surface area contributed by atoms with Crippen molar-refractivity contribution in [3.8, 4) is 22.6 Å². The molecule has 0 saturated heterocycles. The zero-order valence-corrected chi connectivity index (χ0v) is 9.70. The van der Waals surface area contributed by atoms with Gasteiger partial charge in [-0.1, -0.05) is 18.2 Å². The van der Waals surface area contributed by atoms with Crippen LogP contribution in [-0.2, 0) is 6.18 Å². The van der Waals surface area contributed by atoms with Gasteiger partial charge in [-0.25, -0.2) is 0 Å². The van der Waals surface area contributed by atoms with E-state index < -0.39 is 11.7 Å². The van der Waals surface area contributed by atoms with Gasteiger partial charge >= 0.3 is 6.18 Å². The summed E-state index contributed by atoms with van der Waals surface area (Å²) in [6, 6.07) is 10.3. The van der Waals surface area contributed by atoms with Crippen molar-refractivity contribution in [2.45, 2.75) is 6.18 Å². The SMILES string of the molecule is FC(F)(F)c1ccc(-c2ccc3c(c2)OCO3)cc1. The van der Waals surface area contributed by atoms with E-state index in [1.54, 1.807) is 18.2 Å². The minimum atomic E-state index is -4.31. The fraction of sp³-hybridized carbons (Fsp3) is 0.143. The number of halogens is 3. The zero-order chi connectivity index (χ0) is 13.5. The molecule has 0 spiro atoms. The smallest absolute Gasteiger partial charge is 0.416 e. The van der Waals surface area contributed by atoms with Crippen molar-refractivity contribution in [1.29, 1.82) is 0 Å². The van der Waals surface area contributed by atoms with Gasteiger partial charge < -0.3 is 9.47 Å². The quantitative estimate of drug-likeness (QED) is 0.773. The third kappa shape index (κ3) is 2.23. The lowest BCUT2D eigenvalue weighted by atomic mass is 10.0. The van der Waals surface area contributed by atoms with Crippen LogP contribution < -0.4 is 9.47 Å². The van der Waals surface area contributed by atoms with Gasteiger partial charge in [0.2, 0.25) is 6.79 Å². The number of hydrogen-bond donors (Lipinski definition) is 0. The third-order valence-corrected chi connectivity index (χ3v) is 2.92. The Bertz CT molecular complexity index is 603. The summed E-state index contributed by atoms with van der Waals surface area (Å²) in [6.07, 6.45) is -4.31. The monoisotopic (exact) mass is 266 g/mol. The molecule has 3 rings (SSSR count). The van der Waals surface area contributed by atoms with Crippen LogP contribution in [-0.4, -0.2) is 6.79 Å². The molecule has 2 aromatic carbocycles. The molecular formula is C14H9F3O2. The van der Waals surface area contributed by atoms with Gasteiger partial charge in [0.15, 0.2) is 11.5 Å². The van der Waals surface area contributed by atoms with Crippen molar-refractivity contribution in [2.75, 3.05) is 6.79 Å². The van der Waals surface area contributed by atoms with Crippen molar-refractivity contribution in [1.82, 2.24) is 0 Å². The van der Waals surface area contributed by atoms with E-state index in [-0.39, 0.29) is 6.79 Å². The van der Waals surface area contributed by atoms with Crippen molar-refractivity contribution >= 4 is 0 Å². The largest absolute Gasteiger partial charge is 0.454 e. The summed E-state index contributed by atoms with van der Waals surface area (Å²) in [5.74, 6) is 1.26. The predicted octanol–water partition coefficient (Wildman–Crippen LogP) is 4.10. The number of rotatable bonds is 1. The lowest BCUT2D eigenvalue weighted by Gasteiger charge is -2.08. The summed E-state index contributed by atoms with van der Waals surface area (Å²) in [6.45, 7) is 0.172. The molecule has 0 amide bonds. The first-order valence-electron chi connectivity index (χ1n) is 5.61. The molecule has 1 aliphatic heterocycles. The second-order valence-electron chi connectivity index (χ2n) is 4.14. The lowest BCUT2D eigenvalue weighted by molar-refractivity contribution is -0.137. The molecule has 98 valence electrons. The zero-order valence-electron chi connectivity index (χ0n) is 9.70. The molecule has 0 fully saturated rings. The maximum Gasteiger partial charge on any atom is 0.416 e. The topological polar surface area (TPSA) is 18.5 Å². The fourth-order valence-corrected chi connectivity index (χ4v) is 1.93. The van der Waals surface area contributed by atoms with Crippen LogP contribution >= 0.6 is 0 Å². The highest BCUT2D eigenvalue weighted by molar-refractivity contribution is 5.67. The molecule has 0 aromatic heterocycles. The molecule has 1 heterocycles. The number of benzene rings is 2. The van der Waals surface area contributed by atoms with E-state index >= 15 is 0 Å². The number of hydrogen-bond acceptors (Lipinski definition) is 2. The van der Waals surface area contributed by atoms with E-state index in [9.17, 15) is 13.2 Å². The predicted molar refractivity (Wildman–Crippen MR) is 63.0 cm³/mol. The van der Waals surface area contributed by atoms with E-state index in [1.165, 1.54) is 12.1 Å². The maximum atomic E-state index is 12.5. The second-order valence-corrected chi connectivity index (χ2v) is 4.14. The first kappa shape index (κ1) is 11.9. The summed E-state index contributed by atoms with van der Waals surface area (Å²) in [7, 11) is 0. The molecule has 1 aliphatic rings. The number of fused-ring (bicyclic) bond motifs is 1. The molecule has 2 nitrogen and oxygen atoms in total. The van der Waals surface area contributed by atoms with Crippen LogP contribution in [0.25, 0.3) is 11.1 Å². The average Bonchev–Trinajstić information content (AvgIpc) is 2.85. The number of ether oxygens (including phenoxy) is 2. The van der Waals surface area contributed by atoms with Crippen LogP contribution in [0.3, 0.4) is 0 Å². The third-order valence-electron chi connectivity index (χ3n) is 2.92. The molecule has 2 aromatic rings. The summed E-state index contributed by atoms with van der Waals surface area (Å²) >= 11 is 0. The highest BCUT2D eigenvalue weighted by Crippen LogP contribution is 2.36. The minimum absolute atomic E-state index is 0.172. The Balaban J connectivity index is 1.94. The first-order chi connectivity index (χ1) is 9.04.